The average Bonchev–Trinajstić information content (AvgIpc) is 2.02. The molecule has 14 heavy (non-hydrogen) atoms. The molecule has 3 nitrogen and oxygen atoms in total. The van der Waals surface area contributed by atoms with Crippen LogP contribution >= 0.6 is 0 Å². The van der Waals surface area contributed by atoms with E-state index in [0.29, 0.717) is 0 Å². The Bertz CT molecular complexity index is 405. The van der Waals surface area contributed by atoms with Gasteiger partial charge in [0, 0.05) is 0 Å². The van der Waals surface area contributed by atoms with Gasteiger partial charge in [-0.25, -0.2) is 8.42 Å². The predicted octanol–water partition coefficient (Wildman–Crippen LogP) is 1.44. The number of allylic oxidation sites excluding steroid dienone is 3. The van der Waals surface area contributed by atoms with Crippen molar-refractivity contribution < 1.29 is 21.6 Å². The second-order valence-corrected chi connectivity index (χ2v) is 4.67. The van der Waals surface area contributed by atoms with Crippen molar-refractivity contribution in [2.24, 2.45) is 0 Å². The summed E-state index contributed by atoms with van der Waals surface area (Å²) in [5.74, 6) is 0. The number of hydrogen-bond acceptors (Lipinski definition) is 3. The van der Waals surface area contributed by atoms with Crippen LogP contribution < -0.4 is 0 Å². The van der Waals surface area contributed by atoms with Crippen LogP contribution in [0.5, 0.6) is 0 Å². The van der Waals surface area contributed by atoms with Gasteiger partial charge in [0.15, 0.2) is 0 Å². The van der Waals surface area contributed by atoms with E-state index in [-0.39, 0.29) is 0 Å². The van der Waals surface area contributed by atoms with E-state index in [1.165, 1.54) is 12.2 Å². The molecule has 1 N–H and O–H groups in total. The quantitative estimate of drug-likeness (QED) is 0.734. The van der Waals surface area contributed by atoms with Gasteiger partial charge in [-0.3, -0.25) is 0 Å². The molecule has 0 fully saturated rings. The van der Waals surface area contributed by atoms with Crippen LogP contribution in [0.3, 0.4) is 0 Å². The Hall–Kier alpha value is -1.11. The summed E-state index contributed by atoms with van der Waals surface area (Å²) in [6, 6.07) is 0. The summed E-state index contributed by atoms with van der Waals surface area (Å²) >= 11 is 0. The van der Waals surface area contributed by atoms with Gasteiger partial charge in [0.2, 0.25) is 0 Å². The van der Waals surface area contributed by atoms with Crippen LogP contribution in [-0.2, 0) is 9.84 Å². The molecule has 0 unspecified atom stereocenters. The highest BCUT2D eigenvalue weighted by molar-refractivity contribution is 7.93. The normalized spacial score (nSPS) is 22.8. The molecule has 0 radical (unpaired) electrons. The number of sulfone groups is 1. The second kappa shape index (κ2) is 3.23. The van der Waals surface area contributed by atoms with E-state index >= 15 is 0 Å². The second-order valence-electron chi connectivity index (χ2n) is 2.61. The molecule has 0 heterocycles. The first-order chi connectivity index (χ1) is 6.27. The standard InChI is InChI=1S/C7H6F3NO2S/c8-7(9,10)14(12,13)6-4-2-1-3-5(6)11/h1-4,6,11H/t6-/m1/s1. The van der Waals surface area contributed by atoms with Gasteiger partial charge in [-0.2, -0.15) is 13.2 Å². The zero-order valence-electron chi connectivity index (χ0n) is 6.75. The molecular formula is C7H6F3NO2S. The summed E-state index contributed by atoms with van der Waals surface area (Å²) in [5.41, 5.74) is -5.90. The molecule has 0 saturated heterocycles. The SMILES string of the molecule is N=C1C=CC=C[C@H]1S(=O)(=O)C(F)(F)F. The van der Waals surface area contributed by atoms with Crippen LogP contribution in [-0.4, -0.2) is 24.9 Å². The Morgan fingerprint density at radius 2 is 1.86 bits per heavy atom. The van der Waals surface area contributed by atoms with Gasteiger partial charge >= 0.3 is 5.51 Å². The maximum absolute atomic E-state index is 12.0. The summed E-state index contributed by atoms with van der Waals surface area (Å²) in [6.45, 7) is 0. The molecule has 1 aliphatic carbocycles. The maximum Gasteiger partial charge on any atom is 0.498 e. The molecule has 0 aromatic heterocycles. The van der Waals surface area contributed by atoms with Crippen molar-refractivity contribution in [1.29, 1.82) is 5.41 Å². The van der Waals surface area contributed by atoms with Gasteiger partial charge in [-0.05, 0) is 6.08 Å². The zero-order chi connectivity index (χ0) is 11.0. The van der Waals surface area contributed by atoms with Crippen molar-refractivity contribution in [3.05, 3.63) is 24.3 Å². The molecular weight excluding hydrogens is 219 g/mol. The van der Waals surface area contributed by atoms with E-state index < -0.39 is 26.3 Å². The van der Waals surface area contributed by atoms with Gasteiger partial charge in [-0.15, -0.1) is 0 Å². The van der Waals surface area contributed by atoms with E-state index in [9.17, 15) is 21.6 Å². The largest absolute Gasteiger partial charge is 0.498 e. The lowest BCUT2D eigenvalue weighted by Gasteiger charge is -2.16. The third kappa shape index (κ3) is 1.72. The molecule has 78 valence electrons. The maximum atomic E-state index is 12.0. The van der Waals surface area contributed by atoms with Crippen molar-refractivity contribution in [2.45, 2.75) is 10.8 Å². The topological polar surface area (TPSA) is 58.0 Å². The Morgan fingerprint density at radius 1 is 1.29 bits per heavy atom. The van der Waals surface area contributed by atoms with E-state index in [0.717, 1.165) is 12.2 Å². The average molecular weight is 225 g/mol. The first-order valence-electron chi connectivity index (χ1n) is 3.50. The van der Waals surface area contributed by atoms with E-state index in [2.05, 4.69) is 0 Å². The Balaban J connectivity index is 3.13. The van der Waals surface area contributed by atoms with Crippen LogP contribution in [0.2, 0.25) is 0 Å². The monoisotopic (exact) mass is 225 g/mol. The van der Waals surface area contributed by atoms with Crippen molar-refractivity contribution >= 4 is 15.5 Å². The fourth-order valence-electron chi connectivity index (χ4n) is 0.937. The first-order valence-corrected chi connectivity index (χ1v) is 5.05. The Kier molecular flexibility index (Phi) is 2.53. The minimum Gasteiger partial charge on any atom is -0.304 e. The number of nitrogens with one attached hydrogen (secondary N) is 1. The Morgan fingerprint density at radius 3 is 2.29 bits per heavy atom. The van der Waals surface area contributed by atoms with E-state index in [4.69, 9.17) is 5.41 Å². The van der Waals surface area contributed by atoms with Crippen molar-refractivity contribution in [2.75, 3.05) is 0 Å². The minimum absolute atomic E-state index is 0.579. The summed E-state index contributed by atoms with van der Waals surface area (Å²) in [7, 11) is -5.31. The molecule has 0 aliphatic heterocycles. The lowest BCUT2D eigenvalue weighted by molar-refractivity contribution is -0.0436. The summed E-state index contributed by atoms with van der Waals surface area (Å²) in [6.07, 6.45) is 4.34. The fraction of sp³-hybridized carbons (Fsp3) is 0.286. The molecule has 0 aromatic rings. The molecule has 0 saturated carbocycles. The number of alkyl halides is 3. The van der Waals surface area contributed by atoms with Crippen molar-refractivity contribution in [3.63, 3.8) is 0 Å². The highest BCUT2D eigenvalue weighted by atomic mass is 32.2. The fourth-order valence-corrected chi connectivity index (χ4v) is 1.94. The van der Waals surface area contributed by atoms with Crippen LogP contribution in [0.25, 0.3) is 0 Å². The smallest absolute Gasteiger partial charge is 0.304 e. The molecule has 0 aromatic carbocycles. The number of rotatable bonds is 1. The predicted molar refractivity (Wildman–Crippen MR) is 44.8 cm³/mol. The van der Waals surface area contributed by atoms with Gasteiger partial charge in [0.25, 0.3) is 9.84 Å². The molecule has 7 heteroatoms. The van der Waals surface area contributed by atoms with Crippen LogP contribution in [0.15, 0.2) is 24.3 Å². The van der Waals surface area contributed by atoms with Gasteiger partial charge in [0.1, 0.15) is 5.25 Å². The molecule has 1 atom stereocenters. The molecule has 0 amide bonds. The van der Waals surface area contributed by atoms with Crippen LogP contribution in [0.4, 0.5) is 13.2 Å². The van der Waals surface area contributed by atoms with E-state index in [1.54, 1.807) is 0 Å². The number of halogens is 3. The minimum atomic E-state index is -5.32. The highest BCUT2D eigenvalue weighted by Crippen LogP contribution is 2.29. The Labute approximate surface area is 78.4 Å². The zero-order valence-corrected chi connectivity index (χ0v) is 7.56. The third-order valence-electron chi connectivity index (χ3n) is 1.64. The van der Waals surface area contributed by atoms with Crippen molar-refractivity contribution in [1.82, 2.24) is 0 Å². The summed E-state index contributed by atoms with van der Waals surface area (Å²) < 4.78 is 57.9. The molecule has 0 bridgehead atoms. The van der Waals surface area contributed by atoms with Crippen LogP contribution in [0, 0.1) is 5.41 Å². The lowest BCUT2D eigenvalue weighted by atomic mass is 10.1. The third-order valence-corrected chi connectivity index (χ3v) is 3.36. The molecule has 0 spiro atoms. The van der Waals surface area contributed by atoms with Gasteiger partial charge < -0.3 is 5.41 Å². The highest BCUT2D eigenvalue weighted by Gasteiger charge is 2.51. The summed E-state index contributed by atoms with van der Waals surface area (Å²) in [5, 5.41) is 5.15. The van der Waals surface area contributed by atoms with E-state index in [1.807, 2.05) is 0 Å². The van der Waals surface area contributed by atoms with Crippen molar-refractivity contribution in [3.8, 4) is 0 Å². The first kappa shape index (κ1) is 11.0. The van der Waals surface area contributed by atoms with Crippen LogP contribution in [0.1, 0.15) is 0 Å². The van der Waals surface area contributed by atoms with Gasteiger partial charge in [0.05, 0.1) is 5.71 Å². The summed E-state index contributed by atoms with van der Waals surface area (Å²) in [4.78, 5) is 0. The molecule has 1 rings (SSSR count). The van der Waals surface area contributed by atoms with Gasteiger partial charge in [-0.1, -0.05) is 18.2 Å². The lowest BCUT2D eigenvalue weighted by Crippen LogP contribution is -2.38. The number of hydrogen-bond donors (Lipinski definition) is 1. The molecule has 1 aliphatic rings.